The van der Waals surface area contributed by atoms with Crippen molar-refractivity contribution < 1.29 is 19.1 Å². The molecule has 5 nitrogen and oxygen atoms in total. The zero-order valence-corrected chi connectivity index (χ0v) is 20.1. The van der Waals surface area contributed by atoms with Crippen molar-refractivity contribution in [1.82, 2.24) is 4.90 Å². The van der Waals surface area contributed by atoms with E-state index in [1.54, 1.807) is 13.8 Å². The summed E-state index contributed by atoms with van der Waals surface area (Å²) in [5.41, 5.74) is 4.02. The number of aryl methyl sites for hydroxylation is 2. The second-order valence-electron chi connectivity index (χ2n) is 9.18. The van der Waals surface area contributed by atoms with E-state index in [2.05, 4.69) is 36.1 Å². The average molecular weight is 458 g/mol. The fourth-order valence-electron chi connectivity index (χ4n) is 5.34. The van der Waals surface area contributed by atoms with E-state index in [0.29, 0.717) is 22.3 Å². The molecule has 176 valence electrons. The van der Waals surface area contributed by atoms with Crippen molar-refractivity contribution in [3.8, 4) is 5.75 Å². The summed E-state index contributed by atoms with van der Waals surface area (Å²) in [6.45, 7) is 7.79. The lowest BCUT2D eigenvalue weighted by atomic mass is 9.88. The highest BCUT2D eigenvalue weighted by Gasteiger charge is 2.34. The molecule has 1 aromatic heterocycles. The van der Waals surface area contributed by atoms with E-state index in [4.69, 9.17) is 9.15 Å². The molecule has 0 unspecified atom stereocenters. The van der Waals surface area contributed by atoms with Crippen molar-refractivity contribution in [2.45, 2.75) is 46.1 Å². The molecule has 4 aromatic rings. The molecule has 2 heterocycles. The summed E-state index contributed by atoms with van der Waals surface area (Å²) in [7, 11) is 0. The quantitative estimate of drug-likeness (QED) is 0.340. The molecule has 0 spiro atoms. The van der Waals surface area contributed by atoms with Crippen molar-refractivity contribution in [2.75, 3.05) is 19.7 Å². The Labute approximate surface area is 199 Å². The topological polar surface area (TPSA) is 62.9 Å². The largest absolute Gasteiger partial charge is 0.507 e. The number of hydrogen-bond acceptors (Lipinski definition) is 5. The molecule has 3 aromatic carbocycles. The molecule has 5 heteroatoms. The second kappa shape index (κ2) is 9.15. The predicted octanol–water partition coefficient (Wildman–Crippen LogP) is 6.66. The van der Waals surface area contributed by atoms with Crippen LogP contribution < -0.4 is 0 Å². The summed E-state index contributed by atoms with van der Waals surface area (Å²) in [4.78, 5) is 15.6. The fraction of sp³-hybridized carbons (Fsp3) is 0.345. The molecule has 1 aliphatic heterocycles. The first-order valence-corrected chi connectivity index (χ1v) is 12.2. The van der Waals surface area contributed by atoms with Gasteiger partial charge in [0, 0.05) is 21.7 Å². The van der Waals surface area contributed by atoms with E-state index in [0.717, 1.165) is 47.8 Å². The number of carbonyl (C=O) groups excluding carboxylic acids is 1. The van der Waals surface area contributed by atoms with E-state index in [-0.39, 0.29) is 18.4 Å². The summed E-state index contributed by atoms with van der Waals surface area (Å²) < 4.78 is 11.7. The van der Waals surface area contributed by atoms with Crippen molar-refractivity contribution in [1.29, 1.82) is 0 Å². The highest BCUT2D eigenvalue weighted by molar-refractivity contribution is 6.16. The summed E-state index contributed by atoms with van der Waals surface area (Å²) in [6, 6.07) is 15.9. The van der Waals surface area contributed by atoms with Crippen LogP contribution in [0.3, 0.4) is 0 Å². The molecule has 0 saturated carbocycles. The molecule has 0 radical (unpaired) electrons. The number of furan rings is 1. The van der Waals surface area contributed by atoms with Crippen LogP contribution in [0.1, 0.15) is 65.0 Å². The Balaban J connectivity index is 1.89. The number of ether oxygens (including phenoxy) is 1. The number of benzene rings is 3. The Hall–Kier alpha value is -3.31. The first-order chi connectivity index (χ1) is 16.5. The van der Waals surface area contributed by atoms with Crippen LogP contribution in [0.4, 0.5) is 0 Å². The van der Waals surface area contributed by atoms with Crippen molar-refractivity contribution in [3.05, 3.63) is 76.5 Å². The minimum atomic E-state index is -0.420. The van der Waals surface area contributed by atoms with Gasteiger partial charge in [0.05, 0.1) is 12.6 Å². The van der Waals surface area contributed by atoms with Crippen LogP contribution in [0.2, 0.25) is 0 Å². The Morgan fingerprint density at radius 2 is 1.71 bits per heavy atom. The molecular weight excluding hydrogens is 426 g/mol. The van der Waals surface area contributed by atoms with Gasteiger partial charge in [-0.3, -0.25) is 4.90 Å². The van der Waals surface area contributed by atoms with Crippen LogP contribution in [-0.4, -0.2) is 35.7 Å². The van der Waals surface area contributed by atoms with Gasteiger partial charge < -0.3 is 14.3 Å². The molecule has 0 amide bonds. The Kier molecular flexibility index (Phi) is 6.05. The average Bonchev–Trinajstić information content (AvgIpc) is 3.20. The summed E-state index contributed by atoms with van der Waals surface area (Å²) >= 11 is 0. The molecule has 0 bridgehead atoms. The number of likely N-dealkylation sites (tertiary alicyclic amines) is 1. The molecule has 5 rings (SSSR count). The standard InChI is InChI=1S/C29H31NO4/c1-4-33-29(32)23-19(3)34-28-22-11-7-6-10-21(22)27(31)25(24(23)28)26(30-16-8-5-9-17-30)20-14-12-18(2)13-15-20/h6-7,10-15,26,31H,4-5,8-9,16-17H2,1-3H3/t26-/m0/s1. The van der Waals surface area contributed by atoms with Crippen molar-refractivity contribution in [3.63, 3.8) is 0 Å². The van der Waals surface area contributed by atoms with E-state index < -0.39 is 5.97 Å². The smallest absolute Gasteiger partial charge is 0.342 e. The predicted molar refractivity (Wildman–Crippen MR) is 135 cm³/mol. The third-order valence-electron chi connectivity index (χ3n) is 6.94. The van der Waals surface area contributed by atoms with Crippen molar-refractivity contribution >= 4 is 27.7 Å². The molecule has 1 fully saturated rings. The SMILES string of the molecule is CCOC(=O)c1c(C)oc2c1c([C@H](c1ccc(C)cc1)N1CCCCC1)c(O)c1ccccc12. The molecule has 0 aliphatic carbocycles. The lowest BCUT2D eigenvalue weighted by molar-refractivity contribution is 0.0526. The number of esters is 1. The van der Waals surface area contributed by atoms with Gasteiger partial charge in [0.2, 0.25) is 0 Å². The molecular formula is C29H31NO4. The first kappa shape index (κ1) is 22.5. The van der Waals surface area contributed by atoms with E-state index in [9.17, 15) is 9.90 Å². The molecule has 1 aliphatic rings. The third-order valence-corrected chi connectivity index (χ3v) is 6.94. The minimum Gasteiger partial charge on any atom is -0.507 e. The zero-order valence-electron chi connectivity index (χ0n) is 20.1. The van der Waals surface area contributed by atoms with Gasteiger partial charge in [-0.1, -0.05) is 60.5 Å². The number of hydrogen-bond donors (Lipinski definition) is 1. The van der Waals surface area contributed by atoms with Gasteiger partial charge in [-0.2, -0.15) is 0 Å². The fourth-order valence-corrected chi connectivity index (χ4v) is 5.34. The van der Waals surface area contributed by atoms with Gasteiger partial charge in [0.25, 0.3) is 0 Å². The summed E-state index contributed by atoms with van der Waals surface area (Å²) in [5, 5.41) is 14.0. The van der Waals surface area contributed by atoms with Gasteiger partial charge in [-0.05, 0) is 52.3 Å². The van der Waals surface area contributed by atoms with Gasteiger partial charge >= 0.3 is 5.97 Å². The second-order valence-corrected chi connectivity index (χ2v) is 9.18. The van der Waals surface area contributed by atoms with Gasteiger partial charge in [0.15, 0.2) is 0 Å². The highest BCUT2D eigenvalue weighted by Crippen LogP contribution is 2.47. The normalized spacial score (nSPS) is 15.6. The van der Waals surface area contributed by atoms with Gasteiger partial charge in [0.1, 0.15) is 22.7 Å². The zero-order chi connectivity index (χ0) is 23.8. The number of phenolic OH excluding ortho intramolecular Hbond substituents is 1. The van der Waals surface area contributed by atoms with Crippen LogP contribution in [0.5, 0.6) is 5.75 Å². The minimum absolute atomic E-state index is 0.200. The maximum absolute atomic E-state index is 13.1. The van der Waals surface area contributed by atoms with Crippen LogP contribution in [0.25, 0.3) is 21.7 Å². The van der Waals surface area contributed by atoms with Crippen LogP contribution in [-0.2, 0) is 4.74 Å². The first-order valence-electron chi connectivity index (χ1n) is 12.2. The number of fused-ring (bicyclic) bond motifs is 3. The highest BCUT2D eigenvalue weighted by atomic mass is 16.5. The van der Waals surface area contributed by atoms with E-state index >= 15 is 0 Å². The summed E-state index contributed by atoms with van der Waals surface area (Å²) in [6.07, 6.45) is 3.42. The Morgan fingerprint density at radius 3 is 2.38 bits per heavy atom. The number of carbonyl (C=O) groups is 1. The van der Waals surface area contributed by atoms with E-state index in [1.807, 2.05) is 24.3 Å². The monoisotopic (exact) mass is 457 g/mol. The lowest BCUT2D eigenvalue weighted by Crippen LogP contribution is -2.34. The van der Waals surface area contributed by atoms with Crippen LogP contribution in [0.15, 0.2) is 52.9 Å². The van der Waals surface area contributed by atoms with Crippen LogP contribution in [0, 0.1) is 13.8 Å². The maximum Gasteiger partial charge on any atom is 0.342 e. The maximum atomic E-state index is 13.1. The Bertz CT molecular complexity index is 1350. The van der Waals surface area contributed by atoms with Gasteiger partial charge in [-0.25, -0.2) is 4.79 Å². The van der Waals surface area contributed by atoms with Crippen molar-refractivity contribution in [2.24, 2.45) is 0 Å². The Morgan fingerprint density at radius 1 is 1.03 bits per heavy atom. The molecule has 1 N–H and O–H groups in total. The molecule has 1 saturated heterocycles. The number of nitrogens with zero attached hydrogens (tertiary/aromatic N) is 1. The van der Waals surface area contributed by atoms with E-state index in [1.165, 1.54) is 12.0 Å². The summed E-state index contributed by atoms with van der Waals surface area (Å²) in [5.74, 6) is 0.285. The third kappa shape index (κ3) is 3.74. The molecule has 1 atom stereocenters. The lowest BCUT2D eigenvalue weighted by Gasteiger charge is -2.36. The number of phenols is 1. The number of piperidine rings is 1. The number of rotatable bonds is 5. The van der Waals surface area contributed by atoms with Crippen LogP contribution >= 0.6 is 0 Å². The van der Waals surface area contributed by atoms with Gasteiger partial charge in [-0.15, -0.1) is 0 Å². The molecule has 34 heavy (non-hydrogen) atoms. The number of aromatic hydroxyl groups is 1.